The van der Waals surface area contributed by atoms with Crippen LogP contribution >= 0.6 is 0 Å². The molecule has 9 heteroatoms. The van der Waals surface area contributed by atoms with E-state index in [1.807, 2.05) is 33.0 Å². The zero-order valence-corrected chi connectivity index (χ0v) is 22.1. The fourth-order valence-electron chi connectivity index (χ4n) is 5.99. The zero-order chi connectivity index (χ0) is 25.9. The van der Waals surface area contributed by atoms with Crippen LogP contribution in [0, 0.1) is 11.8 Å². The van der Waals surface area contributed by atoms with Crippen LogP contribution in [0.15, 0.2) is 48.9 Å². The van der Waals surface area contributed by atoms with Crippen LogP contribution in [0.25, 0.3) is 21.9 Å². The van der Waals surface area contributed by atoms with Gasteiger partial charge in [-0.05, 0) is 69.4 Å². The Morgan fingerprint density at radius 1 is 1.08 bits per heavy atom. The lowest BCUT2D eigenvalue weighted by Crippen LogP contribution is -2.29. The first-order chi connectivity index (χ1) is 18.5. The third kappa shape index (κ3) is 4.33. The maximum atomic E-state index is 6.44. The Balaban J connectivity index is 1.11. The molecule has 3 fully saturated rings. The first kappa shape index (κ1) is 23.7. The molecular formula is C29H34N6O3. The van der Waals surface area contributed by atoms with Crippen molar-refractivity contribution in [1.82, 2.24) is 19.5 Å². The highest BCUT2D eigenvalue weighted by molar-refractivity contribution is 5.87. The van der Waals surface area contributed by atoms with Gasteiger partial charge in [0.2, 0.25) is 0 Å². The monoisotopic (exact) mass is 514 g/mol. The van der Waals surface area contributed by atoms with E-state index in [9.17, 15) is 0 Å². The third-order valence-corrected chi connectivity index (χ3v) is 8.05. The molecule has 2 saturated carbocycles. The first-order valence-corrected chi connectivity index (χ1v) is 13.6. The van der Waals surface area contributed by atoms with Crippen LogP contribution < -0.4 is 15.4 Å². The summed E-state index contributed by atoms with van der Waals surface area (Å²) < 4.78 is 21.4. The van der Waals surface area contributed by atoms with Crippen LogP contribution in [0.4, 0.5) is 11.6 Å². The van der Waals surface area contributed by atoms with Crippen LogP contribution in [0.2, 0.25) is 0 Å². The molecule has 0 bridgehead atoms. The normalized spacial score (nSPS) is 26.1. The van der Waals surface area contributed by atoms with Crippen molar-refractivity contribution in [1.29, 1.82) is 0 Å². The van der Waals surface area contributed by atoms with Crippen molar-refractivity contribution in [2.24, 2.45) is 11.8 Å². The molecule has 1 saturated heterocycles. The quantitative estimate of drug-likeness (QED) is 0.339. The zero-order valence-electron chi connectivity index (χ0n) is 22.1. The van der Waals surface area contributed by atoms with Crippen molar-refractivity contribution < 1.29 is 14.2 Å². The number of benzene rings is 1. The molecule has 4 heterocycles. The van der Waals surface area contributed by atoms with Crippen LogP contribution in [-0.2, 0) is 9.47 Å². The summed E-state index contributed by atoms with van der Waals surface area (Å²) >= 11 is 0. The van der Waals surface area contributed by atoms with Crippen LogP contribution in [-0.4, -0.2) is 57.7 Å². The molecule has 1 aromatic carbocycles. The van der Waals surface area contributed by atoms with Gasteiger partial charge in [0.1, 0.15) is 35.5 Å². The van der Waals surface area contributed by atoms with E-state index in [1.165, 1.54) is 12.8 Å². The Morgan fingerprint density at radius 2 is 1.92 bits per heavy atom. The molecule has 38 heavy (non-hydrogen) atoms. The Bertz CT molecular complexity index is 1480. The Labute approximate surface area is 221 Å². The molecule has 4 aromatic rings. The fraction of sp³-hybridized carbons (Fsp3) is 0.483. The smallest absolute Gasteiger partial charge is 0.163 e. The van der Waals surface area contributed by atoms with Crippen molar-refractivity contribution >= 4 is 33.6 Å². The lowest BCUT2D eigenvalue weighted by Gasteiger charge is -2.24. The predicted molar refractivity (Wildman–Crippen MR) is 146 cm³/mol. The number of pyridine rings is 1. The van der Waals surface area contributed by atoms with Crippen molar-refractivity contribution in [3.63, 3.8) is 0 Å². The molecule has 3 aliphatic rings. The minimum Gasteiger partial charge on any atom is -0.493 e. The molecule has 0 spiro atoms. The molecular weight excluding hydrogens is 480 g/mol. The van der Waals surface area contributed by atoms with E-state index in [4.69, 9.17) is 19.2 Å². The number of anilines is 2. The van der Waals surface area contributed by atoms with Crippen molar-refractivity contribution in [3.8, 4) is 5.75 Å². The molecule has 7 rings (SSSR count). The molecule has 9 nitrogen and oxygen atoms in total. The van der Waals surface area contributed by atoms with Gasteiger partial charge in [-0.2, -0.15) is 0 Å². The molecule has 2 N–H and O–H groups in total. The van der Waals surface area contributed by atoms with Crippen LogP contribution in [0.5, 0.6) is 5.75 Å². The van der Waals surface area contributed by atoms with Gasteiger partial charge in [0, 0.05) is 37.2 Å². The first-order valence-electron chi connectivity index (χ1n) is 13.6. The molecule has 1 unspecified atom stereocenters. The number of nitrogens with zero attached hydrogens (tertiary/aromatic N) is 4. The van der Waals surface area contributed by atoms with Gasteiger partial charge in [0.15, 0.2) is 5.79 Å². The van der Waals surface area contributed by atoms with Gasteiger partial charge in [-0.15, -0.1) is 0 Å². The van der Waals surface area contributed by atoms with Gasteiger partial charge in [-0.1, -0.05) is 0 Å². The van der Waals surface area contributed by atoms with E-state index >= 15 is 0 Å². The van der Waals surface area contributed by atoms with E-state index in [0.717, 1.165) is 58.2 Å². The second-order valence-corrected chi connectivity index (χ2v) is 11.2. The summed E-state index contributed by atoms with van der Waals surface area (Å²) in [7, 11) is 1.88. The third-order valence-electron chi connectivity index (χ3n) is 8.05. The summed E-state index contributed by atoms with van der Waals surface area (Å²) in [5.74, 6) is 2.89. The Hall–Kier alpha value is -3.43. The highest BCUT2D eigenvalue weighted by atomic mass is 16.8. The van der Waals surface area contributed by atoms with Crippen molar-refractivity contribution in [2.45, 2.75) is 57.1 Å². The van der Waals surface area contributed by atoms with Gasteiger partial charge < -0.3 is 29.4 Å². The average Bonchev–Trinajstić information content (AvgIpc) is 3.45. The second-order valence-electron chi connectivity index (χ2n) is 11.2. The molecule has 3 aromatic heterocycles. The highest BCUT2D eigenvalue weighted by Gasteiger charge is 2.55. The molecule has 1 aliphatic heterocycles. The van der Waals surface area contributed by atoms with E-state index in [-0.39, 0.29) is 24.2 Å². The van der Waals surface area contributed by atoms with Gasteiger partial charge >= 0.3 is 0 Å². The number of nitrogens with one attached hydrogen (secondary N) is 2. The number of ether oxygens (including phenoxy) is 3. The minimum atomic E-state index is -0.642. The maximum absolute atomic E-state index is 6.44. The minimum absolute atomic E-state index is 0.0603. The van der Waals surface area contributed by atoms with E-state index in [0.29, 0.717) is 6.61 Å². The number of hydrogen-bond acceptors (Lipinski definition) is 8. The number of rotatable bonds is 8. The van der Waals surface area contributed by atoms with Crippen molar-refractivity contribution in [2.75, 3.05) is 30.8 Å². The lowest BCUT2D eigenvalue weighted by atomic mass is 10.1. The molecule has 198 valence electrons. The van der Waals surface area contributed by atoms with E-state index < -0.39 is 5.79 Å². The standard InChI is InChI=1S/C29H34N6O3/c1-29(2)37-25-19(12-23(26(25)38-29)35-11-10-21-27(30-3)32-16-33-28(21)35)15-36-20-8-6-18-7-9-24(34-22(18)13-20)31-14-17-4-5-17/h6-11,13,16-17,19,23,25-26H,4-5,12,14-15H2,1-3H3,(H,31,34)(H,30,32,33)/t19-,23?,25-,26+/m1/s1. The number of fused-ring (bicyclic) bond motifs is 3. The molecule has 0 radical (unpaired) electrons. The Kier molecular flexibility index (Phi) is 5.67. The summed E-state index contributed by atoms with van der Waals surface area (Å²) in [5.41, 5.74) is 1.83. The summed E-state index contributed by atoms with van der Waals surface area (Å²) in [4.78, 5) is 13.8. The highest BCUT2D eigenvalue weighted by Crippen LogP contribution is 2.48. The maximum Gasteiger partial charge on any atom is 0.163 e. The largest absolute Gasteiger partial charge is 0.493 e. The number of aromatic nitrogens is 4. The lowest BCUT2D eigenvalue weighted by molar-refractivity contribution is -0.161. The average molecular weight is 515 g/mol. The summed E-state index contributed by atoms with van der Waals surface area (Å²) in [6, 6.07) is 12.5. The van der Waals surface area contributed by atoms with Crippen LogP contribution in [0.3, 0.4) is 0 Å². The Morgan fingerprint density at radius 3 is 2.76 bits per heavy atom. The molecule has 2 aliphatic carbocycles. The van der Waals surface area contributed by atoms with Crippen LogP contribution in [0.1, 0.15) is 39.2 Å². The van der Waals surface area contributed by atoms with E-state index in [1.54, 1.807) is 6.33 Å². The SMILES string of the molecule is CNc1ncnc2c1ccn2C1C[C@H](COc2ccc3ccc(NCC4CC4)nc3c2)[C@H]2OC(C)(C)O[C@@H]12. The van der Waals surface area contributed by atoms with Gasteiger partial charge in [-0.25, -0.2) is 15.0 Å². The summed E-state index contributed by atoms with van der Waals surface area (Å²) in [5, 5.41) is 8.73. The van der Waals surface area contributed by atoms with E-state index in [2.05, 4.69) is 55.6 Å². The fourth-order valence-corrected chi connectivity index (χ4v) is 5.99. The summed E-state index contributed by atoms with van der Waals surface area (Å²) in [6.45, 7) is 5.51. The topological polar surface area (TPSA) is 95.4 Å². The summed E-state index contributed by atoms with van der Waals surface area (Å²) in [6.07, 6.45) is 7.06. The van der Waals surface area contributed by atoms with Gasteiger partial charge in [0.25, 0.3) is 0 Å². The number of hydrogen-bond donors (Lipinski definition) is 2. The predicted octanol–water partition coefficient (Wildman–Crippen LogP) is 5.00. The van der Waals surface area contributed by atoms with Crippen molar-refractivity contribution in [3.05, 3.63) is 48.9 Å². The van der Waals surface area contributed by atoms with Gasteiger partial charge in [0.05, 0.1) is 29.7 Å². The van der Waals surface area contributed by atoms with Gasteiger partial charge in [-0.3, -0.25) is 0 Å². The molecule has 0 amide bonds. The second kappa shape index (κ2) is 9.10. The molecule has 4 atom stereocenters.